The number of hydrogen-bond acceptors (Lipinski definition) is 2. The lowest BCUT2D eigenvalue weighted by Gasteiger charge is -2.30. The average Bonchev–Trinajstić information content (AvgIpc) is 2.29. The van der Waals surface area contributed by atoms with Crippen molar-refractivity contribution in [2.24, 2.45) is 0 Å². The van der Waals surface area contributed by atoms with Crippen LogP contribution in [-0.2, 0) is 10.0 Å². The van der Waals surface area contributed by atoms with E-state index in [1.165, 1.54) is 0 Å². The first-order valence-corrected chi connectivity index (χ1v) is 6.89. The van der Waals surface area contributed by atoms with Crippen molar-refractivity contribution in [3.05, 3.63) is 30.1 Å². The van der Waals surface area contributed by atoms with Crippen LogP contribution in [0.1, 0.15) is 12.8 Å². The molecular weight excluding hydrogens is 267 g/mol. The molecule has 0 unspecified atom stereocenters. The molecule has 7 heteroatoms. The fourth-order valence-electron chi connectivity index (χ4n) is 1.81. The van der Waals surface area contributed by atoms with Gasteiger partial charge in [0.15, 0.2) is 0 Å². The van der Waals surface area contributed by atoms with Gasteiger partial charge >= 0.3 is 0 Å². The van der Waals surface area contributed by atoms with E-state index >= 15 is 0 Å². The lowest BCUT2D eigenvalue weighted by molar-refractivity contribution is -0.0412. The van der Waals surface area contributed by atoms with Crippen molar-refractivity contribution in [2.75, 3.05) is 13.1 Å². The monoisotopic (exact) mass is 279 g/mol. The highest BCUT2D eigenvalue weighted by molar-refractivity contribution is 7.89. The topological polar surface area (TPSA) is 37.4 Å². The summed E-state index contributed by atoms with van der Waals surface area (Å²) in [4.78, 5) is -0.0749. The van der Waals surface area contributed by atoms with Gasteiger partial charge in [-0.3, -0.25) is 0 Å². The minimum absolute atomic E-state index is 0.0749. The molecule has 1 aromatic carbocycles. The van der Waals surface area contributed by atoms with Crippen LogP contribution in [0.2, 0.25) is 0 Å². The number of benzene rings is 1. The van der Waals surface area contributed by atoms with Crippen molar-refractivity contribution < 1.29 is 21.6 Å². The lowest BCUT2D eigenvalue weighted by atomic mass is 10.1. The maximum Gasteiger partial charge on any atom is 0.250 e. The van der Waals surface area contributed by atoms with E-state index in [1.807, 2.05) is 0 Å². The largest absolute Gasteiger partial charge is 0.250 e. The molecule has 1 aromatic rings. The van der Waals surface area contributed by atoms with Gasteiger partial charge in [-0.25, -0.2) is 21.6 Å². The Kier molecular flexibility index (Phi) is 3.37. The molecular formula is C11H12F3NO2S. The van der Waals surface area contributed by atoms with Gasteiger partial charge in [-0.1, -0.05) is 0 Å². The van der Waals surface area contributed by atoms with Gasteiger partial charge in [0, 0.05) is 25.9 Å². The maximum absolute atomic E-state index is 13.0. The van der Waals surface area contributed by atoms with E-state index in [0.717, 1.165) is 28.6 Å². The Balaban J connectivity index is 2.20. The van der Waals surface area contributed by atoms with Crippen LogP contribution in [0.15, 0.2) is 29.2 Å². The number of piperidine rings is 1. The molecule has 0 atom stereocenters. The third-order valence-corrected chi connectivity index (χ3v) is 4.82. The van der Waals surface area contributed by atoms with E-state index in [0.29, 0.717) is 0 Å². The fraction of sp³-hybridized carbons (Fsp3) is 0.455. The van der Waals surface area contributed by atoms with Crippen LogP contribution in [0.3, 0.4) is 0 Å². The van der Waals surface area contributed by atoms with Gasteiger partial charge in [0.25, 0.3) is 5.92 Å². The molecule has 1 heterocycles. The Hall–Kier alpha value is -1.08. The van der Waals surface area contributed by atoms with E-state index in [9.17, 15) is 21.6 Å². The average molecular weight is 279 g/mol. The molecule has 0 N–H and O–H groups in total. The van der Waals surface area contributed by atoms with Crippen molar-refractivity contribution in [3.8, 4) is 0 Å². The first-order chi connectivity index (χ1) is 8.31. The molecule has 3 nitrogen and oxygen atoms in total. The Morgan fingerprint density at radius 2 is 1.56 bits per heavy atom. The summed E-state index contributed by atoms with van der Waals surface area (Å²) in [6.45, 7) is -0.431. The Morgan fingerprint density at radius 1 is 1.06 bits per heavy atom. The number of nitrogens with zero attached hydrogens (tertiary/aromatic N) is 1. The molecule has 1 saturated heterocycles. The number of rotatable bonds is 2. The normalized spacial score (nSPS) is 20.8. The lowest BCUT2D eigenvalue weighted by Crippen LogP contribution is -2.42. The molecule has 0 spiro atoms. The highest BCUT2D eigenvalue weighted by atomic mass is 32.2. The van der Waals surface area contributed by atoms with Gasteiger partial charge in [0.2, 0.25) is 10.0 Å². The van der Waals surface area contributed by atoms with Gasteiger partial charge in [0.05, 0.1) is 4.90 Å². The van der Waals surface area contributed by atoms with Crippen LogP contribution < -0.4 is 0 Å². The summed E-state index contributed by atoms with van der Waals surface area (Å²) in [5, 5.41) is 0. The molecule has 18 heavy (non-hydrogen) atoms. The first-order valence-electron chi connectivity index (χ1n) is 5.45. The molecule has 0 aromatic heterocycles. The van der Waals surface area contributed by atoms with Gasteiger partial charge in [-0.2, -0.15) is 4.31 Å². The summed E-state index contributed by atoms with van der Waals surface area (Å²) in [7, 11) is -3.80. The standard InChI is InChI=1S/C11H12F3NO2S/c12-9-1-3-10(4-2-9)18(16,17)15-7-5-11(13,14)6-8-15/h1-4H,5-8H2. The maximum atomic E-state index is 13.0. The van der Waals surface area contributed by atoms with Crippen LogP contribution >= 0.6 is 0 Å². The third-order valence-electron chi connectivity index (χ3n) is 2.91. The second kappa shape index (κ2) is 4.55. The zero-order valence-corrected chi connectivity index (χ0v) is 10.3. The molecule has 2 rings (SSSR count). The minimum atomic E-state index is -3.80. The molecule has 0 saturated carbocycles. The second-order valence-corrected chi connectivity index (χ2v) is 6.15. The fourth-order valence-corrected chi connectivity index (χ4v) is 3.25. The number of halogens is 3. The van der Waals surface area contributed by atoms with Crippen LogP contribution in [0.5, 0.6) is 0 Å². The van der Waals surface area contributed by atoms with Crippen molar-refractivity contribution >= 4 is 10.0 Å². The Labute approximate surface area is 103 Å². The van der Waals surface area contributed by atoms with Crippen LogP contribution in [0.4, 0.5) is 13.2 Å². The molecule has 100 valence electrons. The molecule has 1 aliphatic rings. The van der Waals surface area contributed by atoms with E-state index in [-0.39, 0.29) is 18.0 Å². The highest BCUT2D eigenvalue weighted by Crippen LogP contribution is 2.30. The summed E-state index contributed by atoms with van der Waals surface area (Å²) in [5.74, 6) is -3.34. The summed E-state index contributed by atoms with van der Waals surface area (Å²) >= 11 is 0. The summed E-state index contributed by atoms with van der Waals surface area (Å²) < 4.78 is 63.8. The zero-order chi connectivity index (χ0) is 13.4. The molecule has 1 aliphatic heterocycles. The SMILES string of the molecule is O=S(=O)(c1ccc(F)cc1)N1CCC(F)(F)CC1. The van der Waals surface area contributed by atoms with Crippen LogP contribution in [0, 0.1) is 5.82 Å². The smallest absolute Gasteiger partial charge is 0.207 e. The van der Waals surface area contributed by atoms with Gasteiger partial charge in [-0.05, 0) is 24.3 Å². The number of hydrogen-bond donors (Lipinski definition) is 0. The molecule has 0 aliphatic carbocycles. The van der Waals surface area contributed by atoms with Crippen molar-refractivity contribution in [1.82, 2.24) is 4.31 Å². The van der Waals surface area contributed by atoms with E-state index in [1.54, 1.807) is 0 Å². The van der Waals surface area contributed by atoms with Gasteiger partial charge < -0.3 is 0 Å². The zero-order valence-electron chi connectivity index (χ0n) is 9.44. The predicted octanol–water partition coefficient (Wildman–Crippen LogP) is 2.25. The third kappa shape index (κ3) is 2.67. The molecule has 1 fully saturated rings. The van der Waals surface area contributed by atoms with Gasteiger partial charge in [-0.15, -0.1) is 0 Å². The minimum Gasteiger partial charge on any atom is -0.207 e. The predicted molar refractivity (Wildman–Crippen MR) is 59.3 cm³/mol. The second-order valence-electron chi connectivity index (χ2n) is 4.21. The van der Waals surface area contributed by atoms with Crippen LogP contribution in [0.25, 0.3) is 0 Å². The van der Waals surface area contributed by atoms with Crippen molar-refractivity contribution in [2.45, 2.75) is 23.7 Å². The van der Waals surface area contributed by atoms with Gasteiger partial charge in [0.1, 0.15) is 5.82 Å². The molecule has 0 radical (unpaired) electrons. The van der Waals surface area contributed by atoms with Crippen molar-refractivity contribution in [1.29, 1.82) is 0 Å². The Morgan fingerprint density at radius 3 is 2.06 bits per heavy atom. The van der Waals surface area contributed by atoms with Crippen LogP contribution in [-0.4, -0.2) is 31.7 Å². The molecule has 0 amide bonds. The Bertz CT molecular complexity index is 518. The summed E-state index contributed by atoms with van der Waals surface area (Å²) in [6, 6.07) is 4.34. The number of sulfonamides is 1. The summed E-state index contributed by atoms with van der Waals surface area (Å²) in [6.07, 6.45) is -0.957. The van der Waals surface area contributed by atoms with E-state index in [2.05, 4.69) is 0 Å². The molecule has 0 bridgehead atoms. The van der Waals surface area contributed by atoms with E-state index < -0.39 is 34.6 Å². The highest BCUT2D eigenvalue weighted by Gasteiger charge is 2.38. The first kappa shape index (κ1) is 13.4. The number of alkyl halides is 2. The van der Waals surface area contributed by atoms with E-state index in [4.69, 9.17) is 0 Å². The summed E-state index contributed by atoms with van der Waals surface area (Å²) in [5.41, 5.74) is 0. The quantitative estimate of drug-likeness (QED) is 0.832. The van der Waals surface area contributed by atoms with Crippen molar-refractivity contribution in [3.63, 3.8) is 0 Å².